The van der Waals surface area contributed by atoms with Crippen LogP contribution in [0.1, 0.15) is 12.0 Å². The first-order chi connectivity index (χ1) is 9.40. The summed E-state index contributed by atoms with van der Waals surface area (Å²) in [4.78, 5) is 2.52. The van der Waals surface area contributed by atoms with Gasteiger partial charge >= 0.3 is 0 Å². The van der Waals surface area contributed by atoms with E-state index in [9.17, 15) is 0 Å². The van der Waals surface area contributed by atoms with Crippen molar-refractivity contribution in [3.63, 3.8) is 0 Å². The van der Waals surface area contributed by atoms with Gasteiger partial charge in [0.15, 0.2) is 0 Å². The van der Waals surface area contributed by atoms with Crippen molar-refractivity contribution in [3.8, 4) is 0 Å². The molecule has 1 unspecified atom stereocenters. The largest absolute Gasteiger partial charge is 0.356 e. The second kappa shape index (κ2) is 6.12. The van der Waals surface area contributed by atoms with Crippen LogP contribution in [0.5, 0.6) is 0 Å². The SMILES string of the molecule is c1ccc(CCN2CCC(Nc3nncs3)C2)cc1. The summed E-state index contributed by atoms with van der Waals surface area (Å²) < 4.78 is 0. The van der Waals surface area contributed by atoms with Gasteiger partial charge in [-0.2, -0.15) is 0 Å². The predicted molar refractivity (Wildman–Crippen MR) is 78.5 cm³/mol. The van der Waals surface area contributed by atoms with Crippen LogP contribution in [0.4, 0.5) is 5.13 Å². The second-order valence-electron chi connectivity index (χ2n) is 4.91. The smallest absolute Gasteiger partial charge is 0.205 e. The summed E-state index contributed by atoms with van der Waals surface area (Å²) in [5.41, 5.74) is 3.19. The van der Waals surface area contributed by atoms with Crippen LogP contribution in [0.15, 0.2) is 35.8 Å². The van der Waals surface area contributed by atoms with Crippen LogP contribution < -0.4 is 5.32 Å². The molecule has 1 aromatic carbocycles. The van der Waals surface area contributed by atoms with Crippen LogP contribution >= 0.6 is 11.3 Å². The van der Waals surface area contributed by atoms with E-state index in [1.807, 2.05) is 0 Å². The number of hydrogen-bond donors (Lipinski definition) is 1. The number of benzene rings is 1. The fraction of sp³-hybridized carbons (Fsp3) is 0.429. The van der Waals surface area contributed by atoms with Crippen molar-refractivity contribution in [2.75, 3.05) is 25.0 Å². The maximum atomic E-state index is 4.04. The number of likely N-dealkylation sites (tertiary alicyclic amines) is 1. The zero-order valence-electron chi connectivity index (χ0n) is 10.8. The first kappa shape index (κ1) is 12.6. The van der Waals surface area contributed by atoms with Crippen molar-refractivity contribution in [3.05, 3.63) is 41.4 Å². The van der Waals surface area contributed by atoms with Crippen molar-refractivity contribution >= 4 is 16.5 Å². The number of hydrogen-bond acceptors (Lipinski definition) is 5. The number of nitrogens with zero attached hydrogens (tertiary/aromatic N) is 3. The molecule has 1 atom stereocenters. The number of anilines is 1. The molecule has 0 spiro atoms. The number of aromatic nitrogens is 2. The fourth-order valence-corrected chi connectivity index (χ4v) is 3.02. The van der Waals surface area contributed by atoms with Gasteiger partial charge in [0, 0.05) is 25.7 Å². The Morgan fingerprint density at radius 1 is 1.32 bits per heavy atom. The van der Waals surface area contributed by atoms with Crippen LogP contribution in [-0.4, -0.2) is 40.8 Å². The topological polar surface area (TPSA) is 41.0 Å². The van der Waals surface area contributed by atoms with Crippen LogP contribution in [0, 0.1) is 0 Å². The highest BCUT2D eigenvalue weighted by Crippen LogP contribution is 2.17. The molecule has 2 aromatic rings. The van der Waals surface area contributed by atoms with Crippen LogP contribution in [0.25, 0.3) is 0 Å². The van der Waals surface area contributed by atoms with Gasteiger partial charge in [-0.15, -0.1) is 10.2 Å². The normalized spacial score (nSPS) is 19.7. The molecule has 1 N–H and O–H groups in total. The van der Waals surface area contributed by atoms with E-state index in [4.69, 9.17) is 0 Å². The third kappa shape index (κ3) is 3.52. The molecule has 0 radical (unpaired) electrons. The summed E-state index contributed by atoms with van der Waals surface area (Å²) in [7, 11) is 0. The lowest BCUT2D eigenvalue weighted by atomic mass is 10.1. The van der Waals surface area contributed by atoms with E-state index in [0.717, 1.165) is 24.6 Å². The quantitative estimate of drug-likeness (QED) is 0.908. The van der Waals surface area contributed by atoms with Crippen LogP contribution in [0.3, 0.4) is 0 Å². The standard InChI is InChI=1S/C14H18N4S/c1-2-4-12(5-3-1)6-8-18-9-7-13(10-18)16-14-17-15-11-19-14/h1-5,11,13H,6-10H2,(H,16,17). The molecular formula is C14H18N4S. The first-order valence-electron chi connectivity index (χ1n) is 6.69. The Morgan fingerprint density at radius 3 is 3.00 bits per heavy atom. The summed E-state index contributed by atoms with van der Waals surface area (Å²) in [6.45, 7) is 3.41. The van der Waals surface area contributed by atoms with Crippen molar-refractivity contribution in [2.45, 2.75) is 18.9 Å². The van der Waals surface area contributed by atoms with Crippen molar-refractivity contribution < 1.29 is 0 Å². The van der Waals surface area contributed by atoms with E-state index >= 15 is 0 Å². The molecule has 1 aliphatic heterocycles. The van der Waals surface area contributed by atoms with Crippen molar-refractivity contribution in [2.24, 2.45) is 0 Å². The van der Waals surface area contributed by atoms with Crippen LogP contribution in [0.2, 0.25) is 0 Å². The van der Waals surface area contributed by atoms with Gasteiger partial charge in [0.2, 0.25) is 5.13 Å². The highest BCUT2D eigenvalue weighted by atomic mass is 32.1. The summed E-state index contributed by atoms with van der Waals surface area (Å²) in [6.07, 6.45) is 2.32. The Bertz CT molecular complexity index is 485. The van der Waals surface area contributed by atoms with E-state index in [2.05, 4.69) is 50.7 Å². The molecule has 2 heterocycles. The lowest BCUT2D eigenvalue weighted by molar-refractivity contribution is 0.340. The molecule has 0 bridgehead atoms. The Morgan fingerprint density at radius 2 is 2.21 bits per heavy atom. The van der Waals surface area contributed by atoms with Gasteiger partial charge in [0.1, 0.15) is 5.51 Å². The zero-order chi connectivity index (χ0) is 12.9. The third-order valence-corrected chi connectivity index (χ3v) is 4.14. The average molecular weight is 274 g/mol. The number of nitrogens with one attached hydrogen (secondary N) is 1. The maximum Gasteiger partial charge on any atom is 0.205 e. The van der Waals surface area contributed by atoms with Gasteiger partial charge in [-0.1, -0.05) is 41.7 Å². The van der Waals surface area contributed by atoms with Gasteiger partial charge in [0.25, 0.3) is 0 Å². The number of rotatable bonds is 5. The molecule has 5 heteroatoms. The van der Waals surface area contributed by atoms with Gasteiger partial charge in [-0.05, 0) is 18.4 Å². The maximum absolute atomic E-state index is 4.04. The molecule has 0 saturated carbocycles. The minimum atomic E-state index is 0.517. The lowest BCUT2D eigenvalue weighted by Gasteiger charge is -2.16. The van der Waals surface area contributed by atoms with Crippen LogP contribution in [-0.2, 0) is 6.42 Å². The Balaban J connectivity index is 1.44. The zero-order valence-corrected chi connectivity index (χ0v) is 11.6. The Hall–Kier alpha value is -1.46. The fourth-order valence-electron chi connectivity index (χ4n) is 2.50. The second-order valence-corrected chi connectivity index (χ2v) is 5.74. The van der Waals surface area contributed by atoms with Crippen molar-refractivity contribution in [1.82, 2.24) is 15.1 Å². The molecule has 1 fully saturated rings. The molecule has 1 aliphatic rings. The Kier molecular flexibility index (Phi) is 4.05. The molecule has 100 valence electrons. The molecular weight excluding hydrogens is 256 g/mol. The van der Waals surface area contributed by atoms with E-state index in [1.165, 1.54) is 18.5 Å². The lowest BCUT2D eigenvalue weighted by Crippen LogP contribution is -2.27. The summed E-state index contributed by atoms with van der Waals surface area (Å²) in [5, 5.41) is 12.3. The van der Waals surface area contributed by atoms with Gasteiger partial charge in [-0.3, -0.25) is 0 Å². The molecule has 0 amide bonds. The van der Waals surface area contributed by atoms with E-state index in [0.29, 0.717) is 6.04 Å². The molecule has 1 saturated heterocycles. The predicted octanol–water partition coefficient (Wildman–Crippen LogP) is 2.27. The van der Waals surface area contributed by atoms with Gasteiger partial charge in [-0.25, -0.2) is 0 Å². The van der Waals surface area contributed by atoms with E-state index < -0.39 is 0 Å². The minimum Gasteiger partial charge on any atom is -0.356 e. The third-order valence-electron chi connectivity index (χ3n) is 3.52. The van der Waals surface area contributed by atoms with E-state index in [1.54, 1.807) is 16.8 Å². The van der Waals surface area contributed by atoms with Gasteiger partial charge in [0.05, 0.1) is 0 Å². The molecule has 3 rings (SSSR count). The highest BCUT2D eigenvalue weighted by Gasteiger charge is 2.22. The van der Waals surface area contributed by atoms with Gasteiger partial charge < -0.3 is 10.2 Å². The van der Waals surface area contributed by atoms with E-state index in [-0.39, 0.29) is 0 Å². The molecule has 4 nitrogen and oxygen atoms in total. The summed E-state index contributed by atoms with van der Waals surface area (Å²) >= 11 is 1.57. The molecule has 19 heavy (non-hydrogen) atoms. The van der Waals surface area contributed by atoms with Crippen molar-refractivity contribution in [1.29, 1.82) is 0 Å². The summed E-state index contributed by atoms with van der Waals surface area (Å²) in [5.74, 6) is 0. The monoisotopic (exact) mass is 274 g/mol. The average Bonchev–Trinajstić information content (AvgIpc) is 3.10. The summed E-state index contributed by atoms with van der Waals surface area (Å²) in [6, 6.07) is 11.2. The molecule has 1 aromatic heterocycles. The first-order valence-corrected chi connectivity index (χ1v) is 7.57. The minimum absolute atomic E-state index is 0.517. The Labute approximate surface area is 117 Å². The molecule has 0 aliphatic carbocycles. The highest BCUT2D eigenvalue weighted by molar-refractivity contribution is 7.13.